The predicted octanol–water partition coefficient (Wildman–Crippen LogP) is 3.81. The quantitative estimate of drug-likeness (QED) is 0.621. The Labute approximate surface area is 197 Å². The molecule has 32 heavy (non-hydrogen) atoms. The van der Waals surface area contributed by atoms with Gasteiger partial charge in [-0.1, -0.05) is 33.6 Å². The highest BCUT2D eigenvalue weighted by atomic mass is 79.9. The minimum Gasteiger partial charge on any atom is -0.410 e. The number of hydrogen-bond acceptors (Lipinski definition) is 5. The van der Waals surface area contributed by atoms with Crippen LogP contribution in [-0.4, -0.2) is 41.8 Å². The van der Waals surface area contributed by atoms with Gasteiger partial charge < -0.3 is 9.64 Å². The highest BCUT2D eigenvalue weighted by molar-refractivity contribution is 9.10. The van der Waals surface area contributed by atoms with Crippen LogP contribution in [-0.2, 0) is 16.1 Å². The number of carbonyl (C=O) groups excluding carboxylic acids is 4. The Kier molecular flexibility index (Phi) is 5.96. The lowest BCUT2D eigenvalue weighted by molar-refractivity contribution is -0.136. The van der Waals surface area contributed by atoms with Gasteiger partial charge in [0.05, 0.1) is 0 Å². The Morgan fingerprint density at radius 3 is 2.69 bits per heavy atom. The molecule has 2 heterocycles. The van der Waals surface area contributed by atoms with Crippen molar-refractivity contribution in [2.24, 2.45) is 0 Å². The molecule has 1 atom stereocenters. The zero-order valence-electron chi connectivity index (χ0n) is 17.3. The van der Waals surface area contributed by atoms with E-state index in [0.717, 1.165) is 5.56 Å². The molecule has 2 aromatic rings. The monoisotopic (exact) mass is 519 g/mol. The average Bonchev–Trinajstić information content (AvgIpc) is 3.06. The molecule has 0 spiro atoms. The summed E-state index contributed by atoms with van der Waals surface area (Å²) in [6, 6.07) is 7.59. The second-order valence-electron chi connectivity index (χ2n) is 7.69. The van der Waals surface area contributed by atoms with Gasteiger partial charge in [0, 0.05) is 40.8 Å². The summed E-state index contributed by atoms with van der Waals surface area (Å²) < 4.78 is 6.08. The van der Waals surface area contributed by atoms with Crippen molar-refractivity contribution >= 4 is 57.0 Å². The van der Waals surface area contributed by atoms with E-state index in [1.807, 2.05) is 6.92 Å². The van der Waals surface area contributed by atoms with E-state index in [1.54, 1.807) is 31.3 Å². The van der Waals surface area contributed by atoms with Crippen LogP contribution in [0.15, 0.2) is 34.8 Å². The fourth-order valence-corrected chi connectivity index (χ4v) is 4.45. The van der Waals surface area contributed by atoms with Gasteiger partial charge in [0.15, 0.2) is 0 Å². The Morgan fingerprint density at radius 2 is 2.00 bits per heavy atom. The summed E-state index contributed by atoms with van der Waals surface area (Å²) in [4.78, 5) is 52.1. The molecule has 8 nitrogen and oxygen atoms in total. The SMILES string of the molecule is Cc1ccc(N(C)C(=O)Oc2cc(Br)c3c(c2)C(=O)N(C2CCC(=O)NC2=O)C3)cc1Cl. The van der Waals surface area contributed by atoms with Gasteiger partial charge in [-0.15, -0.1) is 0 Å². The number of imide groups is 1. The number of aryl methyl sites for hydroxylation is 1. The summed E-state index contributed by atoms with van der Waals surface area (Å²) in [6.07, 6.45) is -0.201. The van der Waals surface area contributed by atoms with Crippen LogP contribution >= 0.6 is 27.5 Å². The van der Waals surface area contributed by atoms with Gasteiger partial charge in [-0.25, -0.2) is 4.79 Å². The molecular formula is C22H19BrClN3O5. The highest BCUT2D eigenvalue weighted by Gasteiger charge is 2.40. The second kappa shape index (κ2) is 8.55. The van der Waals surface area contributed by atoms with Gasteiger partial charge >= 0.3 is 6.09 Å². The molecule has 1 fully saturated rings. The van der Waals surface area contributed by atoms with Crippen molar-refractivity contribution in [3.8, 4) is 5.75 Å². The van der Waals surface area contributed by atoms with Crippen LogP contribution in [0.25, 0.3) is 0 Å². The Balaban J connectivity index is 1.53. The Hall–Kier alpha value is -2.91. The predicted molar refractivity (Wildman–Crippen MR) is 121 cm³/mol. The fraction of sp³-hybridized carbons (Fsp3) is 0.273. The molecule has 1 unspecified atom stereocenters. The summed E-state index contributed by atoms with van der Waals surface area (Å²) in [6.45, 7) is 2.08. The number of fused-ring (bicyclic) bond motifs is 1. The van der Waals surface area contributed by atoms with Gasteiger partial charge in [0.25, 0.3) is 5.91 Å². The summed E-state index contributed by atoms with van der Waals surface area (Å²) in [5.74, 6) is -0.996. The molecule has 10 heteroatoms. The first-order chi connectivity index (χ1) is 15.2. The van der Waals surface area contributed by atoms with Crippen LogP contribution in [0, 0.1) is 6.92 Å². The number of carbonyl (C=O) groups is 4. The van der Waals surface area contributed by atoms with Crippen molar-refractivity contribution in [3.05, 3.63) is 56.5 Å². The molecule has 1 N–H and O–H groups in total. The van der Waals surface area contributed by atoms with E-state index in [1.165, 1.54) is 15.9 Å². The lowest BCUT2D eigenvalue weighted by Gasteiger charge is -2.29. The Bertz CT molecular complexity index is 1170. The number of piperidine rings is 1. The van der Waals surface area contributed by atoms with E-state index in [0.29, 0.717) is 26.3 Å². The maximum Gasteiger partial charge on any atom is 0.419 e. The number of rotatable bonds is 3. The van der Waals surface area contributed by atoms with Gasteiger partial charge in [-0.2, -0.15) is 0 Å². The van der Waals surface area contributed by atoms with Crippen molar-refractivity contribution in [2.75, 3.05) is 11.9 Å². The Morgan fingerprint density at radius 1 is 1.25 bits per heavy atom. The topological polar surface area (TPSA) is 96.0 Å². The molecular weight excluding hydrogens is 502 g/mol. The molecule has 0 aliphatic carbocycles. The van der Waals surface area contributed by atoms with Crippen LogP contribution in [0.4, 0.5) is 10.5 Å². The van der Waals surface area contributed by atoms with Crippen LogP contribution in [0.2, 0.25) is 5.02 Å². The molecule has 2 aliphatic heterocycles. The van der Waals surface area contributed by atoms with Crippen LogP contribution < -0.4 is 15.0 Å². The largest absolute Gasteiger partial charge is 0.419 e. The summed E-state index contributed by atoms with van der Waals surface area (Å²) in [7, 11) is 1.56. The smallest absolute Gasteiger partial charge is 0.410 e. The maximum absolute atomic E-state index is 13.0. The molecule has 0 aromatic heterocycles. The lowest BCUT2D eigenvalue weighted by atomic mass is 10.0. The maximum atomic E-state index is 13.0. The number of halogens is 2. The summed E-state index contributed by atoms with van der Waals surface area (Å²) in [5, 5.41) is 2.80. The number of benzene rings is 2. The van der Waals surface area contributed by atoms with Crippen molar-refractivity contribution in [3.63, 3.8) is 0 Å². The first kappa shape index (κ1) is 22.3. The van der Waals surface area contributed by atoms with Gasteiger partial charge in [0.1, 0.15) is 11.8 Å². The number of ether oxygens (including phenoxy) is 1. The molecule has 4 rings (SSSR count). The number of amides is 4. The van der Waals surface area contributed by atoms with Crippen molar-refractivity contribution < 1.29 is 23.9 Å². The number of anilines is 1. The lowest BCUT2D eigenvalue weighted by Crippen LogP contribution is -2.52. The third-order valence-electron chi connectivity index (χ3n) is 5.60. The second-order valence-corrected chi connectivity index (χ2v) is 8.95. The van der Waals surface area contributed by atoms with Gasteiger partial charge in [-0.3, -0.25) is 24.6 Å². The average molecular weight is 521 g/mol. The van der Waals surface area contributed by atoms with E-state index < -0.39 is 18.0 Å². The molecule has 0 radical (unpaired) electrons. The van der Waals surface area contributed by atoms with E-state index >= 15 is 0 Å². The summed E-state index contributed by atoms with van der Waals surface area (Å²) in [5.41, 5.74) is 2.48. The number of nitrogens with one attached hydrogen (secondary N) is 1. The van der Waals surface area contributed by atoms with E-state index in [-0.39, 0.29) is 37.0 Å². The first-order valence-corrected chi connectivity index (χ1v) is 11.0. The van der Waals surface area contributed by atoms with E-state index in [9.17, 15) is 19.2 Å². The van der Waals surface area contributed by atoms with Crippen molar-refractivity contribution in [1.82, 2.24) is 10.2 Å². The molecule has 166 valence electrons. The molecule has 1 saturated heterocycles. The number of hydrogen-bond donors (Lipinski definition) is 1. The van der Waals surface area contributed by atoms with Crippen LogP contribution in [0.5, 0.6) is 5.75 Å². The molecule has 2 aliphatic rings. The standard InChI is InChI=1S/C22H19BrClN3O5/c1-11-3-4-12(7-17(11)24)26(2)22(31)32-13-8-14-15(16(23)9-13)10-27(21(14)30)18-5-6-19(28)25-20(18)29/h3-4,7-9,18H,5-6,10H2,1-2H3,(H,25,28,29). The minimum atomic E-state index is -0.720. The zero-order chi connectivity index (χ0) is 23.2. The third kappa shape index (κ3) is 4.10. The summed E-state index contributed by atoms with van der Waals surface area (Å²) >= 11 is 9.58. The third-order valence-corrected chi connectivity index (χ3v) is 6.71. The van der Waals surface area contributed by atoms with E-state index in [4.69, 9.17) is 16.3 Å². The molecule has 0 bridgehead atoms. The fourth-order valence-electron chi connectivity index (χ4n) is 3.72. The van der Waals surface area contributed by atoms with Crippen LogP contribution in [0.3, 0.4) is 0 Å². The van der Waals surface area contributed by atoms with E-state index in [2.05, 4.69) is 21.2 Å². The number of nitrogens with zero attached hydrogens (tertiary/aromatic N) is 2. The van der Waals surface area contributed by atoms with Gasteiger partial charge in [0.2, 0.25) is 11.8 Å². The molecule has 4 amide bonds. The van der Waals surface area contributed by atoms with Crippen LogP contribution in [0.1, 0.15) is 34.3 Å². The van der Waals surface area contributed by atoms with Crippen molar-refractivity contribution in [1.29, 1.82) is 0 Å². The highest BCUT2D eigenvalue weighted by Crippen LogP contribution is 2.36. The molecule has 0 saturated carbocycles. The minimum absolute atomic E-state index is 0.177. The normalized spacial score (nSPS) is 17.8. The van der Waals surface area contributed by atoms with Crippen molar-refractivity contribution in [2.45, 2.75) is 32.4 Å². The first-order valence-electron chi connectivity index (χ1n) is 9.84. The molecule has 2 aromatic carbocycles. The zero-order valence-corrected chi connectivity index (χ0v) is 19.6. The van der Waals surface area contributed by atoms with Gasteiger partial charge in [-0.05, 0) is 48.7 Å².